The van der Waals surface area contributed by atoms with Crippen LogP contribution in [0.4, 0.5) is 0 Å². The maximum absolute atomic E-state index is 12.1. The van der Waals surface area contributed by atoms with E-state index in [1.807, 2.05) is 18.2 Å². The van der Waals surface area contributed by atoms with Crippen molar-refractivity contribution in [1.29, 1.82) is 0 Å². The third-order valence-electron chi connectivity index (χ3n) is 3.39. The largest absolute Gasteiger partial charge is 0.332 e. The van der Waals surface area contributed by atoms with Crippen LogP contribution < -0.4 is 0 Å². The van der Waals surface area contributed by atoms with Crippen molar-refractivity contribution in [3.8, 4) is 0 Å². The number of para-hydroxylation sites is 1. The van der Waals surface area contributed by atoms with E-state index in [4.69, 9.17) is 0 Å². The summed E-state index contributed by atoms with van der Waals surface area (Å²) in [5.41, 5.74) is 1.93. The summed E-state index contributed by atoms with van der Waals surface area (Å²) in [5.74, 6) is 0.0471. The molecule has 2 heterocycles. The molecule has 1 aliphatic heterocycles. The highest BCUT2D eigenvalue weighted by molar-refractivity contribution is 9.07. The normalized spacial score (nSPS) is 19.8. The molecule has 1 aromatic heterocycles. The van der Waals surface area contributed by atoms with E-state index in [-0.39, 0.29) is 5.91 Å². The Morgan fingerprint density at radius 3 is 2.94 bits per heavy atom. The Hall–Kier alpha value is -1.29. The molecule has 0 saturated carbocycles. The molecule has 0 aliphatic carbocycles. The van der Waals surface area contributed by atoms with Gasteiger partial charge in [0.1, 0.15) is 5.69 Å². The molecule has 4 heteroatoms. The third-order valence-corrected chi connectivity index (χ3v) is 4.01. The topological polar surface area (TPSA) is 25.2 Å². The minimum absolute atomic E-state index is 0.0471. The first kappa shape index (κ1) is 10.8. The van der Waals surface area contributed by atoms with Crippen molar-refractivity contribution in [1.82, 2.24) is 8.49 Å². The molecule has 0 fully saturated rings. The number of benzene rings is 1. The maximum atomic E-state index is 12.1. The number of halogens is 1. The lowest BCUT2D eigenvalue weighted by atomic mass is 10.1. The summed E-state index contributed by atoms with van der Waals surface area (Å²) in [6, 6.07) is 10.5. The Kier molecular flexibility index (Phi) is 2.47. The summed E-state index contributed by atoms with van der Waals surface area (Å²) in [5, 5.41) is 1.14. The van der Waals surface area contributed by atoms with Crippen molar-refractivity contribution in [2.24, 2.45) is 0 Å². The average Bonchev–Trinajstić information content (AvgIpc) is 2.73. The highest BCUT2D eigenvalue weighted by Gasteiger charge is 2.30. The van der Waals surface area contributed by atoms with Crippen LogP contribution in [0.2, 0.25) is 0 Å². The number of rotatable bonds is 1. The average molecular weight is 293 g/mol. The van der Waals surface area contributed by atoms with E-state index in [1.54, 1.807) is 3.93 Å². The van der Waals surface area contributed by atoms with Crippen LogP contribution in [0.1, 0.15) is 29.9 Å². The Morgan fingerprint density at radius 1 is 1.41 bits per heavy atom. The van der Waals surface area contributed by atoms with Gasteiger partial charge in [0, 0.05) is 10.9 Å². The molecule has 1 aliphatic rings. The number of fused-ring (bicyclic) bond motifs is 3. The van der Waals surface area contributed by atoms with Gasteiger partial charge in [0.2, 0.25) is 0 Å². The van der Waals surface area contributed by atoms with Crippen LogP contribution in [0.25, 0.3) is 10.9 Å². The second-order valence-electron chi connectivity index (χ2n) is 4.37. The van der Waals surface area contributed by atoms with Crippen molar-refractivity contribution in [3.63, 3.8) is 0 Å². The Morgan fingerprint density at radius 2 is 2.18 bits per heavy atom. The molecule has 1 unspecified atom stereocenters. The van der Waals surface area contributed by atoms with Crippen molar-refractivity contribution < 1.29 is 4.79 Å². The number of amides is 1. The fraction of sp³-hybridized carbons (Fsp3) is 0.308. The van der Waals surface area contributed by atoms with E-state index in [1.165, 1.54) is 0 Å². The standard InChI is InChI=1S/C13H13BrN2O/c1-2-10-8-15(14)13(17)12-7-9-5-3-4-6-11(9)16(10)12/h3-7,10H,2,8H2,1H3. The molecule has 0 N–H and O–H groups in total. The molecule has 1 atom stereocenters. The fourth-order valence-corrected chi connectivity index (χ4v) is 3.04. The monoisotopic (exact) mass is 292 g/mol. The van der Waals surface area contributed by atoms with Gasteiger partial charge in [-0.1, -0.05) is 25.1 Å². The van der Waals surface area contributed by atoms with Crippen LogP contribution in [-0.4, -0.2) is 20.9 Å². The molecular weight excluding hydrogens is 280 g/mol. The minimum Gasteiger partial charge on any atom is -0.332 e. The van der Waals surface area contributed by atoms with Gasteiger partial charge in [-0.05, 0) is 18.6 Å². The molecule has 17 heavy (non-hydrogen) atoms. The lowest BCUT2D eigenvalue weighted by Gasteiger charge is -2.30. The summed E-state index contributed by atoms with van der Waals surface area (Å²) in [4.78, 5) is 12.1. The number of aromatic nitrogens is 1. The predicted molar refractivity (Wildman–Crippen MR) is 71.2 cm³/mol. The van der Waals surface area contributed by atoms with Crippen LogP contribution in [0.15, 0.2) is 30.3 Å². The number of nitrogens with zero attached hydrogens (tertiary/aromatic N) is 2. The lowest BCUT2D eigenvalue weighted by molar-refractivity contribution is 0.0824. The lowest BCUT2D eigenvalue weighted by Crippen LogP contribution is -2.36. The predicted octanol–water partition coefficient (Wildman–Crippen LogP) is 3.36. The van der Waals surface area contributed by atoms with Crippen LogP contribution in [0.5, 0.6) is 0 Å². The summed E-state index contributed by atoms with van der Waals surface area (Å²) >= 11 is 3.33. The van der Waals surface area contributed by atoms with E-state index in [0.717, 1.165) is 29.6 Å². The molecular formula is C13H13BrN2O. The highest BCUT2D eigenvalue weighted by atomic mass is 79.9. The molecule has 0 radical (unpaired) electrons. The molecule has 1 amide bonds. The zero-order chi connectivity index (χ0) is 12.0. The summed E-state index contributed by atoms with van der Waals surface area (Å²) < 4.78 is 3.81. The number of carbonyl (C=O) groups excluding carboxylic acids is 1. The van der Waals surface area contributed by atoms with Gasteiger partial charge in [0.05, 0.1) is 28.7 Å². The van der Waals surface area contributed by atoms with Crippen molar-refractivity contribution in [2.45, 2.75) is 19.4 Å². The van der Waals surface area contributed by atoms with E-state index in [0.29, 0.717) is 6.04 Å². The number of hydrogen-bond donors (Lipinski definition) is 0. The smallest absolute Gasteiger partial charge is 0.280 e. The fourth-order valence-electron chi connectivity index (χ4n) is 2.52. The van der Waals surface area contributed by atoms with Crippen molar-refractivity contribution in [2.75, 3.05) is 6.54 Å². The molecule has 88 valence electrons. The van der Waals surface area contributed by atoms with E-state index < -0.39 is 0 Å². The van der Waals surface area contributed by atoms with E-state index in [9.17, 15) is 4.79 Å². The number of hydrogen-bond acceptors (Lipinski definition) is 1. The third kappa shape index (κ3) is 1.51. The Labute approximate surface area is 108 Å². The van der Waals surface area contributed by atoms with Crippen LogP contribution in [0.3, 0.4) is 0 Å². The van der Waals surface area contributed by atoms with Crippen molar-refractivity contribution in [3.05, 3.63) is 36.0 Å². The van der Waals surface area contributed by atoms with Gasteiger partial charge in [-0.15, -0.1) is 0 Å². The van der Waals surface area contributed by atoms with Gasteiger partial charge in [-0.2, -0.15) is 0 Å². The molecule has 0 bridgehead atoms. The molecule has 0 spiro atoms. The van der Waals surface area contributed by atoms with Crippen LogP contribution >= 0.6 is 16.1 Å². The van der Waals surface area contributed by atoms with Gasteiger partial charge in [0.25, 0.3) is 5.91 Å². The highest BCUT2D eigenvalue weighted by Crippen LogP contribution is 2.32. The SMILES string of the molecule is CCC1CN(Br)C(=O)c2cc3ccccc3n21. The first-order chi connectivity index (χ1) is 8.22. The van der Waals surface area contributed by atoms with Gasteiger partial charge in [-0.3, -0.25) is 8.72 Å². The number of carbonyl (C=O) groups is 1. The second-order valence-corrected chi connectivity index (χ2v) is 5.23. The van der Waals surface area contributed by atoms with E-state index in [2.05, 4.69) is 39.8 Å². The minimum atomic E-state index is 0.0471. The van der Waals surface area contributed by atoms with Gasteiger partial charge in [0.15, 0.2) is 0 Å². The van der Waals surface area contributed by atoms with Gasteiger partial charge < -0.3 is 4.57 Å². The summed E-state index contributed by atoms with van der Waals surface area (Å²) in [6.07, 6.45) is 1.01. The first-order valence-electron chi connectivity index (χ1n) is 5.80. The van der Waals surface area contributed by atoms with E-state index >= 15 is 0 Å². The van der Waals surface area contributed by atoms with Crippen molar-refractivity contribution >= 4 is 33.0 Å². The molecule has 0 saturated heterocycles. The Balaban J connectivity index is 2.31. The summed E-state index contributed by atoms with van der Waals surface area (Å²) in [7, 11) is 0. The quantitative estimate of drug-likeness (QED) is 0.740. The molecule has 2 aromatic rings. The zero-order valence-corrected chi connectivity index (χ0v) is 11.1. The van der Waals surface area contributed by atoms with Crippen LogP contribution in [-0.2, 0) is 0 Å². The molecule has 3 nitrogen and oxygen atoms in total. The van der Waals surface area contributed by atoms with Gasteiger partial charge in [-0.25, -0.2) is 0 Å². The second kappa shape index (κ2) is 3.88. The summed E-state index contributed by atoms with van der Waals surface area (Å²) in [6.45, 7) is 2.88. The first-order valence-corrected chi connectivity index (χ1v) is 6.51. The Bertz CT molecular complexity index is 590. The molecule has 1 aromatic carbocycles. The zero-order valence-electron chi connectivity index (χ0n) is 9.56. The van der Waals surface area contributed by atoms with Gasteiger partial charge >= 0.3 is 0 Å². The molecule has 3 rings (SSSR count). The maximum Gasteiger partial charge on any atom is 0.280 e. The van der Waals surface area contributed by atoms with Crippen LogP contribution in [0, 0.1) is 0 Å².